The smallest absolute Gasteiger partial charge is 0.292 e. The topological polar surface area (TPSA) is 81.2 Å². The molecule has 0 spiro atoms. The minimum absolute atomic E-state index is 0.0173. The number of fused-ring (bicyclic) bond motifs is 1. The van der Waals surface area contributed by atoms with Crippen LogP contribution in [-0.2, 0) is 11.1 Å². The van der Waals surface area contributed by atoms with Gasteiger partial charge in [-0.1, -0.05) is 0 Å². The van der Waals surface area contributed by atoms with E-state index in [4.69, 9.17) is 5.73 Å². The number of nitrogens with zero attached hydrogens (tertiary/aromatic N) is 1. The first-order chi connectivity index (χ1) is 7.65. The van der Waals surface area contributed by atoms with Crippen LogP contribution >= 0.6 is 0 Å². The van der Waals surface area contributed by atoms with E-state index in [1.54, 1.807) is 12.1 Å². The summed E-state index contributed by atoms with van der Waals surface area (Å²) >= 11 is 0. The summed E-state index contributed by atoms with van der Waals surface area (Å²) < 4.78 is 0. The minimum Gasteiger partial charge on any atom is -0.393 e. The molecule has 0 radical (unpaired) electrons. The average molecular weight is 235 g/mol. The molecule has 2 rings (SSSR count). The van der Waals surface area contributed by atoms with Crippen LogP contribution in [0, 0.1) is 10.1 Å². The zero-order valence-electron chi connectivity index (χ0n) is 10.5. The van der Waals surface area contributed by atoms with Crippen molar-refractivity contribution in [3.8, 4) is 0 Å². The minimum atomic E-state index is -0.434. The third kappa shape index (κ3) is 1.67. The Kier molecular flexibility index (Phi) is 2.23. The molecule has 1 aromatic carbocycles. The Balaban J connectivity index is 2.72. The summed E-state index contributed by atoms with van der Waals surface area (Å²) in [6, 6.07) is 3.31. The number of nitrogens with one attached hydrogen (secondary N) is 1. The number of hydrogen-bond donors (Lipinski definition) is 2. The predicted molar refractivity (Wildman–Crippen MR) is 66.7 cm³/mol. The van der Waals surface area contributed by atoms with Gasteiger partial charge in [-0.3, -0.25) is 15.4 Å². The Morgan fingerprint density at radius 3 is 2.12 bits per heavy atom. The molecule has 0 saturated carbocycles. The fourth-order valence-electron chi connectivity index (χ4n) is 2.71. The molecule has 92 valence electrons. The van der Waals surface area contributed by atoms with E-state index in [9.17, 15) is 10.1 Å². The highest BCUT2D eigenvalue weighted by atomic mass is 16.6. The van der Waals surface area contributed by atoms with E-state index < -0.39 is 4.92 Å². The molecule has 1 aromatic rings. The lowest BCUT2D eigenvalue weighted by Crippen LogP contribution is -2.39. The van der Waals surface area contributed by atoms with Crippen molar-refractivity contribution in [1.82, 2.24) is 5.32 Å². The summed E-state index contributed by atoms with van der Waals surface area (Å²) in [5.41, 5.74) is 7.42. The van der Waals surface area contributed by atoms with Gasteiger partial charge in [-0.25, -0.2) is 0 Å². The largest absolute Gasteiger partial charge is 0.393 e. The van der Waals surface area contributed by atoms with Gasteiger partial charge < -0.3 is 5.73 Å². The van der Waals surface area contributed by atoms with Crippen molar-refractivity contribution in [3.63, 3.8) is 0 Å². The van der Waals surface area contributed by atoms with Crippen LogP contribution < -0.4 is 11.1 Å². The Hall–Kier alpha value is -1.62. The zero-order chi connectivity index (χ0) is 13.0. The van der Waals surface area contributed by atoms with Crippen LogP contribution in [-0.4, -0.2) is 4.92 Å². The number of rotatable bonds is 1. The molecule has 0 amide bonds. The lowest BCUT2D eigenvalue weighted by Gasteiger charge is -2.25. The second-order valence-corrected chi connectivity index (χ2v) is 5.59. The number of hydrogen-bond acceptors (Lipinski definition) is 4. The van der Waals surface area contributed by atoms with Gasteiger partial charge in [0.15, 0.2) is 0 Å². The monoisotopic (exact) mass is 235 g/mol. The first kappa shape index (κ1) is 11.9. The molecule has 0 bridgehead atoms. The highest BCUT2D eigenvalue weighted by Crippen LogP contribution is 2.43. The van der Waals surface area contributed by atoms with E-state index in [0.717, 1.165) is 11.1 Å². The molecule has 0 aliphatic carbocycles. The molecule has 5 heteroatoms. The summed E-state index contributed by atoms with van der Waals surface area (Å²) in [5.74, 6) is 0. The van der Waals surface area contributed by atoms with Gasteiger partial charge in [0.25, 0.3) is 5.69 Å². The van der Waals surface area contributed by atoms with Crippen LogP contribution in [0.3, 0.4) is 0 Å². The van der Waals surface area contributed by atoms with Crippen LogP contribution in [0.2, 0.25) is 0 Å². The van der Waals surface area contributed by atoms with Crippen LogP contribution in [0.4, 0.5) is 11.4 Å². The molecule has 17 heavy (non-hydrogen) atoms. The van der Waals surface area contributed by atoms with Gasteiger partial charge in [-0.2, -0.15) is 0 Å². The molecule has 0 aromatic heterocycles. The quantitative estimate of drug-likeness (QED) is 0.444. The Morgan fingerprint density at radius 1 is 1.18 bits per heavy atom. The molecular weight excluding hydrogens is 218 g/mol. The number of benzene rings is 1. The summed E-state index contributed by atoms with van der Waals surface area (Å²) in [4.78, 5) is 10.5. The maximum Gasteiger partial charge on any atom is 0.292 e. The molecule has 5 nitrogen and oxygen atoms in total. The lowest BCUT2D eigenvalue weighted by molar-refractivity contribution is -0.384. The van der Waals surface area contributed by atoms with Gasteiger partial charge in [0, 0.05) is 17.1 Å². The molecule has 0 saturated heterocycles. The molecular formula is C12H17N3O2. The average Bonchev–Trinajstić information content (AvgIpc) is 2.30. The maximum atomic E-state index is 10.9. The Labute approximate surface area is 100 Å². The van der Waals surface area contributed by atoms with Crippen LogP contribution in [0.5, 0.6) is 0 Å². The van der Waals surface area contributed by atoms with E-state index in [1.807, 2.05) is 27.7 Å². The Morgan fingerprint density at radius 2 is 1.65 bits per heavy atom. The van der Waals surface area contributed by atoms with Crippen LogP contribution in [0.15, 0.2) is 12.1 Å². The lowest BCUT2D eigenvalue weighted by atomic mass is 9.89. The van der Waals surface area contributed by atoms with Crippen molar-refractivity contribution in [2.24, 2.45) is 0 Å². The fourth-order valence-corrected chi connectivity index (χ4v) is 2.71. The van der Waals surface area contributed by atoms with Crippen molar-refractivity contribution in [1.29, 1.82) is 0 Å². The first-order valence-electron chi connectivity index (χ1n) is 5.53. The van der Waals surface area contributed by atoms with Crippen molar-refractivity contribution < 1.29 is 4.92 Å². The number of anilines is 1. The van der Waals surface area contributed by atoms with Crippen LogP contribution in [0.1, 0.15) is 38.8 Å². The third-order valence-corrected chi connectivity index (χ3v) is 3.34. The van der Waals surface area contributed by atoms with Gasteiger partial charge in [-0.15, -0.1) is 0 Å². The van der Waals surface area contributed by atoms with Crippen molar-refractivity contribution in [3.05, 3.63) is 33.4 Å². The van der Waals surface area contributed by atoms with E-state index >= 15 is 0 Å². The number of nitrogens with two attached hydrogens (primary N) is 1. The summed E-state index contributed by atoms with van der Waals surface area (Å²) in [6.45, 7) is 8.12. The number of nitrogen functional groups attached to an aromatic ring is 1. The highest BCUT2D eigenvalue weighted by Gasteiger charge is 2.42. The molecule has 0 fully saturated rings. The third-order valence-electron chi connectivity index (χ3n) is 3.34. The predicted octanol–water partition coefficient (Wildman–Crippen LogP) is 2.25. The van der Waals surface area contributed by atoms with E-state index in [0.29, 0.717) is 0 Å². The number of nitro benzene ring substituents is 1. The Bertz CT molecular complexity index is 507. The van der Waals surface area contributed by atoms with Crippen molar-refractivity contribution in [2.75, 3.05) is 5.73 Å². The normalized spacial score (nSPS) is 20.0. The highest BCUT2D eigenvalue weighted by molar-refractivity contribution is 5.65. The van der Waals surface area contributed by atoms with Gasteiger partial charge in [0.05, 0.1) is 4.92 Å². The van der Waals surface area contributed by atoms with Gasteiger partial charge in [0.2, 0.25) is 0 Å². The second kappa shape index (κ2) is 3.20. The van der Waals surface area contributed by atoms with Gasteiger partial charge in [-0.05, 0) is 44.9 Å². The molecule has 0 unspecified atom stereocenters. The molecule has 1 heterocycles. The van der Waals surface area contributed by atoms with Crippen LogP contribution in [0.25, 0.3) is 0 Å². The SMILES string of the molecule is CC1(C)NC(C)(C)c2cc([N+](=O)[O-])c(N)cc21. The fraction of sp³-hybridized carbons (Fsp3) is 0.500. The number of nitro groups is 1. The standard InChI is InChI=1S/C12H17N3O2/c1-11(2)7-5-9(13)10(15(16)17)6-8(7)12(3,4)14-11/h5-6,14H,13H2,1-4H3. The summed E-state index contributed by atoms with van der Waals surface area (Å²) in [6.07, 6.45) is 0. The maximum absolute atomic E-state index is 10.9. The second-order valence-electron chi connectivity index (χ2n) is 5.59. The van der Waals surface area contributed by atoms with Crippen molar-refractivity contribution >= 4 is 11.4 Å². The molecule has 1 aliphatic rings. The van der Waals surface area contributed by atoms with Gasteiger partial charge >= 0.3 is 0 Å². The summed E-state index contributed by atoms with van der Waals surface area (Å²) in [7, 11) is 0. The zero-order valence-corrected chi connectivity index (χ0v) is 10.5. The summed E-state index contributed by atoms with van der Waals surface area (Å²) in [5, 5.41) is 14.3. The first-order valence-corrected chi connectivity index (χ1v) is 5.53. The molecule has 1 aliphatic heterocycles. The van der Waals surface area contributed by atoms with E-state index in [1.165, 1.54) is 0 Å². The van der Waals surface area contributed by atoms with Gasteiger partial charge in [0.1, 0.15) is 5.69 Å². The van der Waals surface area contributed by atoms with Crippen molar-refractivity contribution in [2.45, 2.75) is 38.8 Å². The molecule has 0 atom stereocenters. The molecule has 3 N–H and O–H groups in total. The van der Waals surface area contributed by atoms with E-state index in [-0.39, 0.29) is 22.5 Å². The van der Waals surface area contributed by atoms with E-state index in [2.05, 4.69) is 5.32 Å².